The molecule has 5 nitrogen and oxygen atoms in total. The van der Waals surface area contributed by atoms with Crippen LogP contribution in [0.5, 0.6) is 5.75 Å². The van der Waals surface area contributed by atoms with Gasteiger partial charge in [-0.3, -0.25) is 0 Å². The van der Waals surface area contributed by atoms with E-state index in [4.69, 9.17) is 16.2 Å². The smallest absolute Gasteiger partial charge is 0.148 e. The second kappa shape index (κ2) is 6.44. The quantitative estimate of drug-likeness (QED) is 0.877. The molecule has 6 heteroatoms. The number of piperidine rings is 1. The summed E-state index contributed by atoms with van der Waals surface area (Å²) in [7, 11) is 0. The van der Waals surface area contributed by atoms with E-state index < -0.39 is 0 Å². The first-order valence-corrected chi connectivity index (χ1v) is 8.10. The Kier molecular flexibility index (Phi) is 4.38. The van der Waals surface area contributed by atoms with Gasteiger partial charge in [-0.05, 0) is 28.1 Å². The molecule has 1 aliphatic rings. The van der Waals surface area contributed by atoms with Crippen LogP contribution in [-0.2, 0) is 0 Å². The van der Waals surface area contributed by atoms with Crippen molar-refractivity contribution < 1.29 is 4.74 Å². The van der Waals surface area contributed by atoms with Crippen LogP contribution in [0.15, 0.2) is 41.0 Å². The van der Waals surface area contributed by atoms with Gasteiger partial charge in [0.2, 0.25) is 0 Å². The number of halogens is 1. The Labute approximate surface area is 138 Å². The highest BCUT2D eigenvalue weighted by Crippen LogP contribution is 2.36. The highest BCUT2D eigenvalue weighted by atomic mass is 79.9. The summed E-state index contributed by atoms with van der Waals surface area (Å²) in [5, 5.41) is 0. The van der Waals surface area contributed by atoms with Gasteiger partial charge in [-0.15, -0.1) is 0 Å². The topological polar surface area (TPSA) is 77.4 Å². The van der Waals surface area contributed by atoms with Crippen molar-refractivity contribution in [3.05, 3.63) is 41.0 Å². The second-order valence-electron chi connectivity index (χ2n) is 5.37. The predicted molar refractivity (Wildman–Crippen MR) is 93.1 cm³/mol. The lowest BCUT2D eigenvalue weighted by Crippen LogP contribution is -2.39. The molecule has 0 amide bonds. The van der Waals surface area contributed by atoms with E-state index in [2.05, 4.69) is 25.8 Å². The number of para-hydroxylation sites is 1. The van der Waals surface area contributed by atoms with Gasteiger partial charge in [0.05, 0.1) is 15.8 Å². The molecule has 0 bridgehead atoms. The number of aromatic nitrogens is 1. The van der Waals surface area contributed by atoms with Crippen LogP contribution >= 0.6 is 15.9 Å². The summed E-state index contributed by atoms with van der Waals surface area (Å²) in [4.78, 5) is 6.30. The summed E-state index contributed by atoms with van der Waals surface area (Å²) in [6, 6.07) is 9.95. The number of ether oxygens (including phenoxy) is 1. The summed E-state index contributed by atoms with van der Waals surface area (Å²) in [6.07, 6.45) is 3.83. The van der Waals surface area contributed by atoms with Crippen molar-refractivity contribution in [3.8, 4) is 5.75 Å². The number of pyridine rings is 1. The monoisotopic (exact) mass is 362 g/mol. The predicted octanol–water partition coefficient (Wildman–Crippen LogP) is 3.06. The zero-order chi connectivity index (χ0) is 15.5. The second-order valence-corrected chi connectivity index (χ2v) is 6.23. The maximum atomic E-state index is 6.08. The fourth-order valence-corrected chi connectivity index (χ4v) is 3.28. The Hall–Kier alpha value is -1.95. The van der Waals surface area contributed by atoms with E-state index in [0.717, 1.165) is 41.8 Å². The standard InChI is InChI=1S/C16H19BrN4O/c17-13-10-20-16(19)14(18)15(13)21-8-6-12(7-9-21)22-11-4-2-1-3-5-11/h1-5,10,12H,6-9,18H2,(H2,19,20). The molecule has 2 heterocycles. The van der Waals surface area contributed by atoms with Crippen molar-refractivity contribution in [2.45, 2.75) is 18.9 Å². The highest BCUT2D eigenvalue weighted by molar-refractivity contribution is 9.10. The third-order valence-electron chi connectivity index (χ3n) is 3.88. The molecule has 0 radical (unpaired) electrons. The number of benzene rings is 1. The average molecular weight is 363 g/mol. The Morgan fingerprint density at radius 1 is 1.14 bits per heavy atom. The minimum Gasteiger partial charge on any atom is -0.490 e. The first-order chi connectivity index (χ1) is 10.6. The summed E-state index contributed by atoms with van der Waals surface area (Å²) >= 11 is 3.51. The maximum absolute atomic E-state index is 6.08. The van der Waals surface area contributed by atoms with Crippen LogP contribution in [0.1, 0.15) is 12.8 Å². The van der Waals surface area contributed by atoms with Crippen molar-refractivity contribution in [1.29, 1.82) is 0 Å². The fraction of sp³-hybridized carbons (Fsp3) is 0.312. The van der Waals surface area contributed by atoms with Crippen LogP contribution in [0, 0.1) is 0 Å². The molecule has 116 valence electrons. The zero-order valence-corrected chi connectivity index (χ0v) is 13.8. The summed E-state index contributed by atoms with van der Waals surface area (Å²) in [6.45, 7) is 1.76. The van der Waals surface area contributed by atoms with Gasteiger partial charge in [-0.1, -0.05) is 18.2 Å². The Bertz CT molecular complexity index is 642. The first-order valence-electron chi connectivity index (χ1n) is 7.31. The van der Waals surface area contributed by atoms with Gasteiger partial charge in [0.25, 0.3) is 0 Å². The summed E-state index contributed by atoms with van der Waals surface area (Å²) in [5.74, 6) is 1.30. The minimum atomic E-state index is 0.234. The Balaban J connectivity index is 1.66. The van der Waals surface area contributed by atoms with E-state index in [1.165, 1.54) is 0 Å². The number of anilines is 3. The van der Waals surface area contributed by atoms with Gasteiger partial charge >= 0.3 is 0 Å². The molecule has 0 aliphatic carbocycles. The van der Waals surface area contributed by atoms with Gasteiger partial charge in [-0.25, -0.2) is 4.98 Å². The van der Waals surface area contributed by atoms with E-state index in [1.54, 1.807) is 6.20 Å². The molecule has 2 aromatic rings. The molecule has 3 rings (SSSR count). The highest BCUT2D eigenvalue weighted by Gasteiger charge is 2.24. The molecule has 1 aliphatic heterocycles. The van der Waals surface area contributed by atoms with Crippen molar-refractivity contribution >= 4 is 33.1 Å². The van der Waals surface area contributed by atoms with Crippen LogP contribution in [0.4, 0.5) is 17.2 Å². The Morgan fingerprint density at radius 3 is 2.50 bits per heavy atom. The van der Waals surface area contributed by atoms with Crippen molar-refractivity contribution in [2.24, 2.45) is 0 Å². The van der Waals surface area contributed by atoms with E-state index in [0.29, 0.717) is 11.5 Å². The molecular formula is C16H19BrN4O. The largest absolute Gasteiger partial charge is 0.490 e. The normalized spacial score (nSPS) is 15.8. The number of nitrogens with zero attached hydrogens (tertiary/aromatic N) is 2. The molecule has 1 aromatic carbocycles. The molecule has 1 fully saturated rings. The lowest BCUT2D eigenvalue weighted by molar-refractivity contribution is 0.171. The molecule has 1 saturated heterocycles. The number of nitrogen functional groups attached to an aromatic ring is 2. The molecular weight excluding hydrogens is 344 g/mol. The van der Waals surface area contributed by atoms with Crippen LogP contribution in [0.2, 0.25) is 0 Å². The van der Waals surface area contributed by atoms with Crippen LogP contribution in [0.25, 0.3) is 0 Å². The van der Waals surface area contributed by atoms with Gasteiger partial charge < -0.3 is 21.1 Å². The van der Waals surface area contributed by atoms with E-state index in [1.807, 2.05) is 30.3 Å². The Morgan fingerprint density at radius 2 is 1.82 bits per heavy atom. The molecule has 0 atom stereocenters. The van der Waals surface area contributed by atoms with E-state index in [-0.39, 0.29) is 6.10 Å². The number of nitrogens with two attached hydrogens (primary N) is 2. The van der Waals surface area contributed by atoms with E-state index >= 15 is 0 Å². The molecule has 4 N–H and O–H groups in total. The minimum absolute atomic E-state index is 0.234. The number of hydrogen-bond donors (Lipinski definition) is 2. The molecule has 0 saturated carbocycles. The van der Waals surface area contributed by atoms with Crippen molar-refractivity contribution in [1.82, 2.24) is 4.98 Å². The maximum Gasteiger partial charge on any atom is 0.148 e. The first kappa shape index (κ1) is 15.0. The molecule has 0 unspecified atom stereocenters. The fourth-order valence-electron chi connectivity index (χ4n) is 2.72. The SMILES string of the molecule is Nc1ncc(Br)c(N2CCC(Oc3ccccc3)CC2)c1N. The average Bonchev–Trinajstić information content (AvgIpc) is 2.54. The van der Waals surface area contributed by atoms with Gasteiger partial charge in [-0.2, -0.15) is 0 Å². The summed E-state index contributed by atoms with van der Waals surface area (Å²) < 4.78 is 6.89. The molecule has 1 aromatic heterocycles. The van der Waals surface area contributed by atoms with Crippen molar-refractivity contribution in [3.63, 3.8) is 0 Å². The third-order valence-corrected chi connectivity index (χ3v) is 4.46. The number of rotatable bonds is 3. The van der Waals surface area contributed by atoms with Gasteiger partial charge in [0.1, 0.15) is 17.7 Å². The van der Waals surface area contributed by atoms with Gasteiger partial charge in [0, 0.05) is 32.1 Å². The van der Waals surface area contributed by atoms with Gasteiger partial charge in [0.15, 0.2) is 0 Å². The third kappa shape index (κ3) is 3.11. The van der Waals surface area contributed by atoms with E-state index in [9.17, 15) is 0 Å². The summed E-state index contributed by atoms with van der Waals surface area (Å²) in [5.41, 5.74) is 13.4. The lowest BCUT2D eigenvalue weighted by atomic mass is 10.1. The lowest BCUT2D eigenvalue weighted by Gasteiger charge is -2.35. The van der Waals surface area contributed by atoms with Crippen LogP contribution in [-0.4, -0.2) is 24.2 Å². The zero-order valence-electron chi connectivity index (χ0n) is 12.2. The molecule has 0 spiro atoms. The van der Waals surface area contributed by atoms with Crippen molar-refractivity contribution in [2.75, 3.05) is 29.5 Å². The number of hydrogen-bond acceptors (Lipinski definition) is 5. The van der Waals surface area contributed by atoms with Crippen LogP contribution in [0.3, 0.4) is 0 Å². The molecule has 22 heavy (non-hydrogen) atoms. The van der Waals surface area contributed by atoms with Crippen LogP contribution < -0.4 is 21.1 Å².